The Bertz CT molecular complexity index is 1110. The third-order valence-corrected chi connectivity index (χ3v) is 5.46. The van der Waals surface area contributed by atoms with Crippen LogP contribution in [0.5, 0.6) is 0 Å². The molecule has 0 aliphatic heterocycles. The maximum atomic E-state index is 13.3. The van der Waals surface area contributed by atoms with Gasteiger partial charge >= 0.3 is 5.97 Å². The molecule has 4 aromatic rings. The van der Waals surface area contributed by atoms with Gasteiger partial charge in [0.2, 0.25) is 5.78 Å². The van der Waals surface area contributed by atoms with Gasteiger partial charge in [-0.25, -0.2) is 4.79 Å². The Morgan fingerprint density at radius 1 is 1.00 bits per heavy atom. The van der Waals surface area contributed by atoms with Crippen molar-refractivity contribution >= 4 is 34.0 Å². The molecule has 0 aliphatic carbocycles. The van der Waals surface area contributed by atoms with Crippen molar-refractivity contribution in [3.8, 4) is 0 Å². The summed E-state index contributed by atoms with van der Waals surface area (Å²) in [6.07, 6.45) is 0.673. The van der Waals surface area contributed by atoms with E-state index in [-0.39, 0.29) is 5.78 Å². The Hall–Kier alpha value is -3.18. The van der Waals surface area contributed by atoms with Gasteiger partial charge in [0.1, 0.15) is 4.88 Å². The number of ketones is 1. The van der Waals surface area contributed by atoms with Crippen LogP contribution in [0.1, 0.15) is 37.3 Å². The lowest BCUT2D eigenvalue weighted by Crippen LogP contribution is -2.20. The minimum atomic E-state index is -1.00. The van der Waals surface area contributed by atoms with Gasteiger partial charge in [-0.2, -0.15) is 0 Å². The number of hydrogen-bond acceptors (Lipinski definition) is 4. The maximum absolute atomic E-state index is 13.3. The number of fused-ring (bicyclic) bond motifs is 1. The summed E-state index contributed by atoms with van der Waals surface area (Å²) in [5.41, 5.74) is 2.87. The highest BCUT2D eigenvalue weighted by atomic mass is 32.1. The molecule has 0 radical (unpaired) electrons. The second-order valence-electron chi connectivity index (χ2n) is 6.24. The van der Waals surface area contributed by atoms with Gasteiger partial charge in [0.15, 0.2) is 6.10 Å². The highest BCUT2D eigenvalue weighted by Gasteiger charge is 2.29. The molecule has 0 amide bonds. The van der Waals surface area contributed by atoms with E-state index in [0.717, 1.165) is 16.5 Å². The van der Waals surface area contributed by atoms with E-state index in [1.54, 1.807) is 18.3 Å². The van der Waals surface area contributed by atoms with Crippen LogP contribution >= 0.6 is 11.3 Å². The number of rotatable bonds is 5. The molecule has 0 aliphatic rings. The van der Waals surface area contributed by atoms with E-state index >= 15 is 0 Å². The van der Waals surface area contributed by atoms with E-state index in [0.29, 0.717) is 16.0 Å². The van der Waals surface area contributed by atoms with Gasteiger partial charge < -0.3 is 9.72 Å². The quantitative estimate of drug-likeness (QED) is 0.379. The number of H-pyrrole nitrogens is 1. The molecule has 4 rings (SSSR count). The number of esters is 1. The highest BCUT2D eigenvalue weighted by Crippen LogP contribution is 2.29. The van der Waals surface area contributed by atoms with Crippen molar-refractivity contribution in [2.75, 3.05) is 0 Å². The van der Waals surface area contributed by atoms with Crippen LogP contribution < -0.4 is 0 Å². The van der Waals surface area contributed by atoms with Crippen molar-refractivity contribution in [3.05, 3.63) is 93.8 Å². The molecule has 0 spiro atoms. The first-order valence-corrected chi connectivity index (χ1v) is 9.43. The van der Waals surface area contributed by atoms with Gasteiger partial charge in [0, 0.05) is 28.2 Å². The number of carbonyl (C=O) groups excluding carboxylic acids is 2. The van der Waals surface area contributed by atoms with Crippen LogP contribution in [0.2, 0.25) is 0 Å². The van der Waals surface area contributed by atoms with Crippen LogP contribution in [0.15, 0.2) is 72.2 Å². The molecule has 5 heteroatoms. The van der Waals surface area contributed by atoms with Crippen molar-refractivity contribution in [3.63, 3.8) is 0 Å². The van der Waals surface area contributed by atoms with Gasteiger partial charge in [0.25, 0.3) is 0 Å². The van der Waals surface area contributed by atoms with E-state index in [4.69, 9.17) is 4.74 Å². The summed E-state index contributed by atoms with van der Waals surface area (Å²) in [4.78, 5) is 29.6. The molecule has 1 atom stereocenters. The standard InChI is InChI=1S/C22H17NO3S/c1-14-11-12-27-21(14)22(25)26-20(15-7-3-2-4-8-15)19(24)17-13-23-18-10-6-5-9-16(17)18/h2-13,20,23H,1H3/t20-/m0/s1. The molecule has 2 aromatic carbocycles. The summed E-state index contributed by atoms with van der Waals surface area (Å²) < 4.78 is 5.70. The minimum Gasteiger partial charge on any atom is -0.445 e. The molecule has 0 unspecified atom stereocenters. The fourth-order valence-electron chi connectivity index (χ4n) is 3.06. The van der Waals surface area contributed by atoms with Crippen LogP contribution in [0, 0.1) is 6.92 Å². The second-order valence-corrected chi connectivity index (χ2v) is 7.16. The number of aromatic amines is 1. The number of nitrogens with one attached hydrogen (secondary N) is 1. The Balaban J connectivity index is 1.73. The van der Waals surface area contributed by atoms with Gasteiger partial charge in [-0.15, -0.1) is 11.3 Å². The average molecular weight is 375 g/mol. The van der Waals surface area contributed by atoms with E-state index in [9.17, 15) is 9.59 Å². The molecule has 0 saturated heterocycles. The van der Waals surface area contributed by atoms with Crippen LogP contribution in [0.25, 0.3) is 10.9 Å². The first-order valence-electron chi connectivity index (χ1n) is 8.55. The van der Waals surface area contributed by atoms with Crippen LogP contribution in [0.4, 0.5) is 0 Å². The molecule has 2 aromatic heterocycles. The zero-order valence-corrected chi connectivity index (χ0v) is 15.5. The van der Waals surface area contributed by atoms with Gasteiger partial charge in [-0.1, -0.05) is 48.5 Å². The summed E-state index contributed by atoms with van der Waals surface area (Å²) in [6, 6.07) is 18.5. The summed E-state index contributed by atoms with van der Waals surface area (Å²) in [5.74, 6) is -0.731. The van der Waals surface area contributed by atoms with E-state index in [1.807, 2.05) is 60.8 Å². The van der Waals surface area contributed by atoms with Crippen molar-refractivity contribution in [2.45, 2.75) is 13.0 Å². The van der Waals surface area contributed by atoms with E-state index in [1.165, 1.54) is 11.3 Å². The van der Waals surface area contributed by atoms with E-state index < -0.39 is 12.1 Å². The number of carbonyl (C=O) groups is 2. The number of hydrogen-bond donors (Lipinski definition) is 1. The van der Waals surface area contributed by atoms with Crippen LogP contribution in [-0.4, -0.2) is 16.7 Å². The first-order chi connectivity index (χ1) is 13.1. The topological polar surface area (TPSA) is 59.2 Å². The van der Waals surface area contributed by atoms with Crippen molar-refractivity contribution < 1.29 is 14.3 Å². The Labute approximate surface area is 160 Å². The molecule has 27 heavy (non-hydrogen) atoms. The van der Waals surface area contributed by atoms with Crippen molar-refractivity contribution in [1.29, 1.82) is 0 Å². The smallest absolute Gasteiger partial charge is 0.349 e. The lowest BCUT2D eigenvalue weighted by molar-refractivity contribution is 0.0285. The average Bonchev–Trinajstić information content (AvgIpc) is 3.32. The summed E-state index contributed by atoms with van der Waals surface area (Å²) in [7, 11) is 0. The molecular formula is C22H17NO3S. The molecular weight excluding hydrogens is 358 g/mol. The fourth-order valence-corrected chi connectivity index (χ4v) is 3.87. The molecule has 1 N–H and O–H groups in total. The molecule has 4 nitrogen and oxygen atoms in total. The number of para-hydroxylation sites is 1. The molecule has 0 saturated carbocycles. The second kappa shape index (κ2) is 7.21. The van der Waals surface area contributed by atoms with Crippen molar-refractivity contribution in [1.82, 2.24) is 4.98 Å². The predicted octanol–water partition coefficient (Wildman–Crippen LogP) is 5.32. The van der Waals surface area contributed by atoms with Gasteiger partial charge in [-0.05, 0) is 30.0 Å². The molecule has 2 heterocycles. The highest BCUT2D eigenvalue weighted by molar-refractivity contribution is 7.12. The molecule has 134 valence electrons. The Kier molecular flexibility index (Phi) is 4.60. The van der Waals surface area contributed by atoms with Crippen LogP contribution in [0.3, 0.4) is 0 Å². The normalized spacial score (nSPS) is 12.0. The maximum Gasteiger partial charge on any atom is 0.349 e. The van der Waals surface area contributed by atoms with Crippen molar-refractivity contribution in [2.24, 2.45) is 0 Å². The third-order valence-electron chi connectivity index (χ3n) is 4.47. The largest absolute Gasteiger partial charge is 0.445 e. The number of aryl methyl sites for hydroxylation is 1. The lowest BCUT2D eigenvalue weighted by atomic mass is 9.99. The fraction of sp³-hybridized carbons (Fsp3) is 0.0909. The molecule has 0 fully saturated rings. The molecule has 0 bridgehead atoms. The Morgan fingerprint density at radius 2 is 1.74 bits per heavy atom. The zero-order valence-electron chi connectivity index (χ0n) is 14.6. The number of Topliss-reactive ketones (excluding diaryl/α,β-unsaturated/α-hetero) is 1. The lowest BCUT2D eigenvalue weighted by Gasteiger charge is -2.17. The number of ether oxygens (including phenoxy) is 1. The summed E-state index contributed by atoms with van der Waals surface area (Å²) >= 11 is 1.31. The van der Waals surface area contributed by atoms with Gasteiger partial charge in [0.05, 0.1) is 0 Å². The van der Waals surface area contributed by atoms with Crippen LogP contribution in [-0.2, 0) is 4.74 Å². The number of thiophene rings is 1. The SMILES string of the molecule is Cc1ccsc1C(=O)O[C@H](C(=O)c1c[nH]c2ccccc12)c1ccccc1. The zero-order chi connectivity index (χ0) is 18.8. The predicted molar refractivity (Wildman–Crippen MR) is 106 cm³/mol. The number of benzene rings is 2. The number of aromatic nitrogens is 1. The summed E-state index contributed by atoms with van der Waals surface area (Å²) in [5, 5.41) is 2.65. The van der Waals surface area contributed by atoms with Gasteiger partial charge in [-0.3, -0.25) is 4.79 Å². The minimum absolute atomic E-state index is 0.249. The Morgan fingerprint density at radius 3 is 2.48 bits per heavy atom. The van der Waals surface area contributed by atoms with E-state index in [2.05, 4.69) is 4.98 Å². The summed E-state index contributed by atoms with van der Waals surface area (Å²) in [6.45, 7) is 1.85. The monoisotopic (exact) mass is 375 g/mol. The first kappa shape index (κ1) is 17.2. The third kappa shape index (κ3) is 3.29.